The molecule has 0 aliphatic rings. The number of benzene rings is 2. The molecular weight excluding hydrogens is 256 g/mol. The number of tetrazole rings is 1. The van der Waals surface area contributed by atoms with Crippen LogP contribution >= 0.6 is 0 Å². The fourth-order valence-electron chi connectivity index (χ4n) is 1.90. The zero-order valence-corrected chi connectivity index (χ0v) is 10.3. The number of hydrogen-bond acceptors (Lipinski definition) is 4. The summed E-state index contributed by atoms with van der Waals surface area (Å²) in [5.74, 6) is -0.387. The van der Waals surface area contributed by atoms with Gasteiger partial charge in [0.05, 0.1) is 5.56 Å². The highest BCUT2D eigenvalue weighted by Gasteiger charge is 2.05. The van der Waals surface area contributed by atoms with Crippen LogP contribution in [0.15, 0.2) is 48.5 Å². The molecule has 6 nitrogen and oxygen atoms in total. The molecule has 0 atom stereocenters. The van der Waals surface area contributed by atoms with E-state index in [1.165, 1.54) is 0 Å². The summed E-state index contributed by atoms with van der Waals surface area (Å²) in [5.41, 5.74) is 3.09. The third-order valence-electron chi connectivity index (χ3n) is 2.95. The van der Waals surface area contributed by atoms with E-state index in [-0.39, 0.29) is 5.56 Å². The predicted molar refractivity (Wildman–Crippen MR) is 72.0 cm³/mol. The lowest BCUT2D eigenvalue weighted by Gasteiger charge is -2.03. The Morgan fingerprint density at radius 2 is 1.45 bits per heavy atom. The first-order valence-electron chi connectivity index (χ1n) is 5.91. The van der Waals surface area contributed by atoms with E-state index >= 15 is 0 Å². The van der Waals surface area contributed by atoms with Gasteiger partial charge in [0.15, 0.2) is 0 Å². The summed E-state index contributed by atoms with van der Waals surface area (Å²) in [7, 11) is 0. The maximum atomic E-state index is 10.8. The average Bonchev–Trinajstić information content (AvgIpc) is 3.02. The molecular formula is C14H10N4O2. The minimum absolute atomic E-state index is 0.275. The van der Waals surface area contributed by atoms with E-state index in [9.17, 15) is 4.79 Å². The van der Waals surface area contributed by atoms with E-state index in [1.807, 2.05) is 24.3 Å². The molecule has 0 aliphatic carbocycles. The molecule has 0 amide bonds. The zero-order valence-electron chi connectivity index (χ0n) is 10.3. The highest BCUT2D eigenvalue weighted by atomic mass is 16.4. The van der Waals surface area contributed by atoms with E-state index in [1.54, 1.807) is 24.3 Å². The SMILES string of the molecule is O=C(O)c1ccc(-c2ccc(-c3nn[nH]n3)cc2)cc1. The highest BCUT2D eigenvalue weighted by Crippen LogP contribution is 2.23. The summed E-state index contributed by atoms with van der Waals surface area (Å²) in [4.78, 5) is 10.8. The number of rotatable bonds is 3. The van der Waals surface area contributed by atoms with Crippen molar-refractivity contribution in [3.05, 3.63) is 54.1 Å². The first kappa shape index (κ1) is 12.0. The van der Waals surface area contributed by atoms with E-state index in [0.29, 0.717) is 5.82 Å². The van der Waals surface area contributed by atoms with Crippen LogP contribution < -0.4 is 0 Å². The summed E-state index contributed by atoms with van der Waals surface area (Å²) in [6, 6.07) is 14.4. The third-order valence-corrected chi connectivity index (χ3v) is 2.95. The van der Waals surface area contributed by atoms with Crippen LogP contribution in [0.5, 0.6) is 0 Å². The Labute approximate surface area is 114 Å². The molecule has 0 fully saturated rings. The van der Waals surface area contributed by atoms with Crippen LogP contribution in [0.2, 0.25) is 0 Å². The monoisotopic (exact) mass is 266 g/mol. The van der Waals surface area contributed by atoms with E-state index in [4.69, 9.17) is 5.11 Å². The molecule has 0 bridgehead atoms. The van der Waals surface area contributed by atoms with Crippen LogP contribution in [0, 0.1) is 0 Å². The number of nitrogens with one attached hydrogen (secondary N) is 1. The predicted octanol–water partition coefficient (Wildman–Crippen LogP) is 2.23. The number of nitrogens with zero attached hydrogens (tertiary/aromatic N) is 3. The van der Waals surface area contributed by atoms with Crippen LogP contribution in [0.4, 0.5) is 0 Å². The van der Waals surface area contributed by atoms with Crippen LogP contribution in [0.1, 0.15) is 10.4 Å². The molecule has 0 radical (unpaired) electrons. The minimum atomic E-state index is -0.927. The number of carboxylic acids is 1. The Kier molecular flexibility index (Phi) is 2.96. The molecule has 20 heavy (non-hydrogen) atoms. The number of hydrogen-bond donors (Lipinski definition) is 2. The summed E-state index contributed by atoms with van der Waals surface area (Å²) in [5, 5.41) is 22.6. The first-order valence-corrected chi connectivity index (χ1v) is 5.91. The van der Waals surface area contributed by atoms with Gasteiger partial charge >= 0.3 is 5.97 Å². The third kappa shape index (κ3) is 2.26. The molecule has 3 aromatic rings. The molecule has 1 heterocycles. The Morgan fingerprint density at radius 3 is 1.95 bits per heavy atom. The van der Waals surface area contributed by atoms with Gasteiger partial charge in [-0.15, -0.1) is 10.2 Å². The number of carboxylic acid groups (broad SMARTS) is 1. The first-order chi connectivity index (χ1) is 9.74. The summed E-state index contributed by atoms with van der Waals surface area (Å²) < 4.78 is 0. The number of aromatic carboxylic acids is 1. The van der Waals surface area contributed by atoms with Gasteiger partial charge in [0.25, 0.3) is 0 Å². The van der Waals surface area contributed by atoms with E-state index in [2.05, 4.69) is 20.6 Å². The van der Waals surface area contributed by atoms with Crippen molar-refractivity contribution in [2.24, 2.45) is 0 Å². The topological polar surface area (TPSA) is 91.8 Å². The second-order valence-electron chi connectivity index (χ2n) is 4.20. The number of carbonyl (C=O) groups is 1. The Balaban J connectivity index is 1.89. The molecule has 0 saturated carbocycles. The van der Waals surface area contributed by atoms with Gasteiger partial charge in [0, 0.05) is 5.56 Å². The van der Waals surface area contributed by atoms with Gasteiger partial charge in [0.1, 0.15) is 0 Å². The van der Waals surface area contributed by atoms with Crippen molar-refractivity contribution in [2.75, 3.05) is 0 Å². The van der Waals surface area contributed by atoms with Crippen LogP contribution in [0.25, 0.3) is 22.5 Å². The molecule has 98 valence electrons. The summed E-state index contributed by atoms with van der Waals surface area (Å²) in [6.45, 7) is 0. The van der Waals surface area contributed by atoms with E-state index in [0.717, 1.165) is 16.7 Å². The van der Waals surface area contributed by atoms with Gasteiger partial charge in [0.2, 0.25) is 5.82 Å². The Bertz CT molecular complexity index is 719. The molecule has 2 aromatic carbocycles. The fraction of sp³-hybridized carbons (Fsp3) is 0. The van der Waals surface area contributed by atoms with Crippen LogP contribution in [-0.2, 0) is 0 Å². The largest absolute Gasteiger partial charge is 0.478 e. The molecule has 3 rings (SSSR count). The quantitative estimate of drug-likeness (QED) is 0.758. The normalized spacial score (nSPS) is 10.4. The van der Waals surface area contributed by atoms with Gasteiger partial charge in [-0.05, 0) is 28.5 Å². The second-order valence-corrected chi connectivity index (χ2v) is 4.20. The smallest absolute Gasteiger partial charge is 0.335 e. The van der Waals surface area contributed by atoms with Gasteiger partial charge in [-0.3, -0.25) is 0 Å². The van der Waals surface area contributed by atoms with Gasteiger partial charge < -0.3 is 5.11 Å². The van der Waals surface area contributed by atoms with Crippen molar-refractivity contribution in [3.8, 4) is 22.5 Å². The van der Waals surface area contributed by atoms with Gasteiger partial charge in [-0.25, -0.2) is 4.79 Å². The zero-order chi connectivity index (χ0) is 13.9. The van der Waals surface area contributed by atoms with Gasteiger partial charge in [-0.1, -0.05) is 36.4 Å². The Morgan fingerprint density at radius 1 is 0.900 bits per heavy atom. The maximum Gasteiger partial charge on any atom is 0.335 e. The van der Waals surface area contributed by atoms with Crippen LogP contribution in [0.3, 0.4) is 0 Å². The lowest BCUT2D eigenvalue weighted by molar-refractivity contribution is 0.0697. The van der Waals surface area contributed by atoms with Crippen molar-refractivity contribution < 1.29 is 9.90 Å². The molecule has 0 unspecified atom stereocenters. The van der Waals surface area contributed by atoms with Crippen molar-refractivity contribution in [3.63, 3.8) is 0 Å². The lowest BCUT2D eigenvalue weighted by Crippen LogP contribution is -1.94. The molecule has 0 aliphatic heterocycles. The van der Waals surface area contributed by atoms with Crippen molar-refractivity contribution in [1.82, 2.24) is 20.6 Å². The molecule has 2 N–H and O–H groups in total. The molecule has 0 saturated heterocycles. The number of H-pyrrole nitrogens is 1. The average molecular weight is 266 g/mol. The van der Waals surface area contributed by atoms with Crippen molar-refractivity contribution in [2.45, 2.75) is 0 Å². The lowest BCUT2D eigenvalue weighted by atomic mass is 10.0. The van der Waals surface area contributed by atoms with Crippen molar-refractivity contribution >= 4 is 5.97 Å². The molecule has 6 heteroatoms. The number of aromatic amines is 1. The Hall–Kier alpha value is -3.02. The van der Waals surface area contributed by atoms with E-state index < -0.39 is 5.97 Å². The van der Waals surface area contributed by atoms with Crippen LogP contribution in [-0.4, -0.2) is 31.7 Å². The number of aromatic nitrogens is 4. The summed E-state index contributed by atoms with van der Waals surface area (Å²) >= 11 is 0. The highest BCUT2D eigenvalue weighted by molar-refractivity contribution is 5.88. The fourth-order valence-corrected chi connectivity index (χ4v) is 1.90. The molecule has 1 aromatic heterocycles. The van der Waals surface area contributed by atoms with Gasteiger partial charge in [-0.2, -0.15) is 5.21 Å². The second kappa shape index (κ2) is 4.93. The molecule has 0 spiro atoms. The maximum absolute atomic E-state index is 10.8. The standard InChI is InChI=1S/C14H10N4O2/c19-14(20)12-7-3-10(4-8-12)9-1-5-11(6-2-9)13-15-17-18-16-13/h1-8H,(H,19,20)(H,15,16,17,18). The summed E-state index contributed by atoms with van der Waals surface area (Å²) in [6.07, 6.45) is 0. The van der Waals surface area contributed by atoms with Crippen molar-refractivity contribution in [1.29, 1.82) is 0 Å². The minimum Gasteiger partial charge on any atom is -0.478 e.